The number of piperidine rings is 1. The van der Waals surface area contributed by atoms with Gasteiger partial charge in [-0.05, 0) is 62.8 Å². The Balaban J connectivity index is 1.54. The molecular weight excluding hydrogens is 306 g/mol. The Morgan fingerprint density at radius 1 is 1.21 bits per heavy atom. The van der Waals surface area contributed by atoms with Crippen molar-refractivity contribution in [2.75, 3.05) is 40.3 Å². The molecule has 0 aromatic carbocycles. The Bertz CT molecular complexity index is 550. The van der Waals surface area contributed by atoms with Gasteiger partial charge in [-0.25, -0.2) is 4.68 Å². The van der Waals surface area contributed by atoms with E-state index in [2.05, 4.69) is 46.3 Å². The number of hydrogen-bond donors (Lipinski definition) is 0. The summed E-state index contributed by atoms with van der Waals surface area (Å²) >= 11 is 0. The number of carbonyl (C=O) groups excluding carboxylic acids is 1. The summed E-state index contributed by atoms with van der Waals surface area (Å²) < 4.78 is 1.67. The summed E-state index contributed by atoms with van der Waals surface area (Å²) in [5.74, 6) is 1.71. The molecule has 0 spiro atoms. The average molecular weight is 335 g/mol. The summed E-state index contributed by atoms with van der Waals surface area (Å²) in [6, 6.07) is 0.456. The van der Waals surface area contributed by atoms with Gasteiger partial charge in [-0.2, -0.15) is 0 Å². The topological polar surface area (TPSA) is 70.4 Å². The van der Waals surface area contributed by atoms with Crippen LogP contribution < -0.4 is 0 Å². The highest BCUT2D eigenvalue weighted by Crippen LogP contribution is 2.18. The molecule has 0 N–H and O–H groups in total. The molecule has 1 aromatic rings. The average Bonchev–Trinajstić information content (AvgIpc) is 3.19. The van der Waals surface area contributed by atoms with E-state index in [9.17, 15) is 4.79 Å². The van der Waals surface area contributed by atoms with Crippen molar-refractivity contribution in [3.63, 3.8) is 0 Å². The molecule has 2 aliphatic heterocycles. The maximum absolute atomic E-state index is 12.5. The Morgan fingerprint density at radius 3 is 2.62 bits per heavy atom. The molecule has 0 saturated carbocycles. The maximum atomic E-state index is 12.5. The number of carbonyl (C=O) groups is 1. The van der Waals surface area contributed by atoms with Gasteiger partial charge >= 0.3 is 0 Å². The number of aromatic nitrogens is 4. The van der Waals surface area contributed by atoms with Crippen LogP contribution >= 0.6 is 0 Å². The molecule has 24 heavy (non-hydrogen) atoms. The largest absolute Gasteiger partial charge is 0.339 e. The predicted octanol–water partition coefficient (Wildman–Crippen LogP) is 0.0675. The van der Waals surface area contributed by atoms with E-state index in [1.165, 1.54) is 12.8 Å². The smallest absolute Gasteiger partial charge is 0.244 e. The Labute approximate surface area is 143 Å². The van der Waals surface area contributed by atoms with Gasteiger partial charge in [0.25, 0.3) is 0 Å². The molecule has 0 aliphatic carbocycles. The van der Waals surface area contributed by atoms with E-state index in [1.54, 1.807) is 4.68 Å². The first kappa shape index (κ1) is 17.3. The van der Waals surface area contributed by atoms with E-state index in [0.717, 1.165) is 50.9 Å². The third kappa shape index (κ3) is 4.10. The van der Waals surface area contributed by atoms with Crippen LogP contribution in [0.25, 0.3) is 0 Å². The predicted molar refractivity (Wildman–Crippen MR) is 90.2 cm³/mol. The van der Waals surface area contributed by atoms with E-state index >= 15 is 0 Å². The lowest BCUT2D eigenvalue weighted by Gasteiger charge is -2.29. The molecule has 3 rings (SSSR count). The number of tetrazole rings is 1. The molecule has 2 saturated heterocycles. The number of likely N-dealkylation sites (tertiary alicyclic amines) is 2. The summed E-state index contributed by atoms with van der Waals surface area (Å²) in [5, 5.41) is 11.9. The highest BCUT2D eigenvalue weighted by Gasteiger charge is 2.28. The molecule has 0 radical (unpaired) electrons. The van der Waals surface area contributed by atoms with Gasteiger partial charge in [0.05, 0.1) is 6.54 Å². The first-order valence-electron chi connectivity index (χ1n) is 8.94. The zero-order valence-corrected chi connectivity index (χ0v) is 15.1. The number of nitrogens with zero attached hydrogens (tertiary/aromatic N) is 7. The SMILES string of the molecule is CC1CCN(Cc2nnnn2CC(=O)N2CC[C@@H](N(C)C)C2)CC1. The number of rotatable bonds is 5. The fourth-order valence-corrected chi connectivity index (χ4v) is 3.50. The standard InChI is InChI=1S/C16H29N7O/c1-13-4-7-21(8-5-13)11-15-17-18-19-23(15)12-16(24)22-9-6-14(10-22)20(2)3/h13-14H,4-12H2,1-3H3/t14-/m1/s1. The first-order valence-corrected chi connectivity index (χ1v) is 8.94. The fraction of sp³-hybridized carbons (Fsp3) is 0.875. The highest BCUT2D eigenvalue weighted by atomic mass is 16.2. The van der Waals surface area contributed by atoms with Gasteiger partial charge in [-0.1, -0.05) is 6.92 Å². The van der Waals surface area contributed by atoms with Crippen LogP contribution in [0.4, 0.5) is 0 Å². The van der Waals surface area contributed by atoms with Gasteiger partial charge in [0, 0.05) is 19.1 Å². The summed E-state index contributed by atoms with van der Waals surface area (Å²) in [4.78, 5) is 19.0. The van der Waals surface area contributed by atoms with Crippen LogP contribution in [0, 0.1) is 5.92 Å². The van der Waals surface area contributed by atoms with Crippen LogP contribution in [-0.2, 0) is 17.9 Å². The molecule has 1 atom stereocenters. The van der Waals surface area contributed by atoms with Crippen molar-refractivity contribution in [1.82, 2.24) is 34.9 Å². The van der Waals surface area contributed by atoms with Gasteiger partial charge in [-0.3, -0.25) is 9.69 Å². The van der Waals surface area contributed by atoms with Gasteiger partial charge in [0.1, 0.15) is 6.54 Å². The van der Waals surface area contributed by atoms with Crippen LogP contribution in [0.3, 0.4) is 0 Å². The van der Waals surface area contributed by atoms with Gasteiger partial charge in [-0.15, -0.1) is 5.10 Å². The summed E-state index contributed by atoms with van der Waals surface area (Å²) in [6.07, 6.45) is 3.48. The minimum atomic E-state index is 0.111. The van der Waals surface area contributed by atoms with Crippen LogP contribution in [0.2, 0.25) is 0 Å². The molecule has 8 heteroatoms. The van der Waals surface area contributed by atoms with Gasteiger partial charge in [0.2, 0.25) is 5.91 Å². The van der Waals surface area contributed by atoms with E-state index in [-0.39, 0.29) is 12.5 Å². The first-order chi connectivity index (χ1) is 11.5. The molecule has 134 valence electrons. The van der Waals surface area contributed by atoms with E-state index < -0.39 is 0 Å². The third-order valence-corrected chi connectivity index (χ3v) is 5.38. The highest BCUT2D eigenvalue weighted by molar-refractivity contribution is 5.76. The lowest BCUT2D eigenvalue weighted by Crippen LogP contribution is -2.37. The minimum absolute atomic E-state index is 0.111. The van der Waals surface area contributed by atoms with Crippen molar-refractivity contribution in [3.8, 4) is 0 Å². The van der Waals surface area contributed by atoms with Crippen molar-refractivity contribution in [3.05, 3.63) is 5.82 Å². The number of hydrogen-bond acceptors (Lipinski definition) is 6. The molecule has 0 unspecified atom stereocenters. The molecule has 2 aliphatic rings. The Morgan fingerprint density at radius 2 is 1.96 bits per heavy atom. The molecule has 3 heterocycles. The minimum Gasteiger partial charge on any atom is -0.339 e. The second-order valence-corrected chi connectivity index (χ2v) is 7.46. The van der Waals surface area contributed by atoms with Crippen LogP contribution in [-0.4, -0.2) is 87.1 Å². The zero-order valence-electron chi connectivity index (χ0n) is 15.1. The van der Waals surface area contributed by atoms with Crippen molar-refractivity contribution in [2.24, 2.45) is 5.92 Å². The molecular formula is C16H29N7O. The molecule has 1 aromatic heterocycles. The lowest BCUT2D eigenvalue weighted by molar-refractivity contribution is -0.131. The van der Waals surface area contributed by atoms with Gasteiger partial charge in [0.15, 0.2) is 5.82 Å². The van der Waals surface area contributed by atoms with Crippen LogP contribution in [0.15, 0.2) is 0 Å². The second-order valence-electron chi connectivity index (χ2n) is 7.46. The lowest BCUT2D eigenvalue weighted by atomic mass is 9.99. The monoisotopic (exact) mass is 335 g/mol. The Kier molecular flexibility index (Phi) is 5.45. The van der Waals surface area contributed by atoms with E-state index in [4.69, 9.17) is 0 Å². The number of likely N-dealkylation sites (N-methyl/N-ethyl adjacent to an activating group) is 1. The maximum Gasteiger partial charge on any atom is 0.244 e. The Hall–Kier alpha value is -1.54. The van der Waals surface area contributed by atoms with Gasteiger partial charge < -0.3 is 9.80 Å². The summed E-state index contributed by atoms with van der Waals surface area (Å²) in [7, 11) is 4.13. The third-order valence-electron chi connectivity index (χ3n) is 5.38. The number of amides is 1. The quantitative estimate of drug-likeness (QED) is 0.758. The molecule has 1 amide bonds. The molecule has 0 bridgehead atoms. The van der Waals surface area contributed by atoms with Crippen LogP contribution in [0.1, 0.15) is 32.0 Å². The normalized spacial score (nSPS) is 23.3. The molecule has 8 nitrogen and oxygen atoms in total. The fourth-order valence-electron chi connectivity index (χ4n) is 3.50. The second kappa shape index (κ2) is 7.57. The van der Waals surface area contributed by atoms with Crippen molar-refractivity contribution < 1.29 is 4.79 Å². The van der Waals surface area contributed by atoms with E-state index in [1.807, 2.05) is 4.90 Å². The van der Waals surface area contributed by atoms with Crippen molar-refractivity contribution >= 4 is 5.91 Å². The summed E-state index contributed by atoms with van der Waals surface area (Å²) in [5.41, 5.74) is 0. The zero-order chi connectivity index (χ0) is 17.1. The van der Waals surface area contributed by atoms with Crippen molar-refractivity contribution in [2.45, 2.75) is 45.3 Å². The van der Waals surface area contributed by atoms with Crippen LogP contribution in [0.5, 0.6) is 0 Å². The van der Waals surface area contributed by atoms with Crippen molar-refractivity contribution in [1.29, 1.82) is 0 Å². The molecule has 2 fully saturated rings. The summed E-state index contributed by atoms with van der Waals surface area (Å²) in [6.45, 7) is 7.06. The van der Waals surface area contributed by atoms with E-state index in [0.29, 0.717) is 6.04 Å².